The molecule has 1 fully saturated rings. The van der Waals surface area contributed by atoms with Gasteiger partial charge in [-0.1, -0.05) is 0 Å². The third kappa shape index (κ3) is 0.852. The van der Waals surface area contributed by atoms with E-state index in [1.54, 1.807) is 7.11 Å². The Kier molecular flexibility index (Phi) is 1.75. The second-order valence-corrected chi connectivity index (χ2v) is 2.53. The van der Waals surface area contributed by atoms with Gasteiger partial charge < -0.3 is 15.2 Å². The van der Waals surface area contributed by atoms with Crippen LogP contribution in [0.3, 0.4) is 0 Å². The molecule has 2 N–H and O–H groups in total. The van der Waals surface area contributed by atoms with Crippen molar-refractivity contribution in [3.63, 3.8) is 0 Å². The maximum atomic E-state index is 8.84. The Balaban J connectivity index is 2.48. The summed E-state index contributed by atoms with van der Waals surface area (Å²) in [5.41, 5.74) is -0.292. The summed E-state index contributed by atoms with van der Waals surface area (Å²) in [5.74, 6) is 0. The van der Waals surface area contributed by atoms with Crippen molar-refractivity contribution in [2.75, 3.05) is 20.3 Å². The third-order valence-electron chi connectivity index (χ3n) is 2.17. The lowest BCUT2D eigenvalue weighted by atomic mass is 9.88. The maximum absolute atomic E-state index is 8.84. The van der Waals surface area contributed by atoms with Crippen molar-refractivity contribution < 1.29 is 9.84 Å². The van der Waals surface area contributed by atoms with E-state index in [1.807, 2.05) is 6.92 Å². The molecule has 1 rings (SSSR count). The van der Waals surface area contributed by atoms with Gasteiger partial charge in [0, 0.05) is 19.7 Å². The van der Waals surface area contributed by atoms with Crippen LogP contribution in [0.5, 0.6) is 0 Å². The Labute approximate surface area is 55.0 Å². The van der Waals surface area contributed by atoms with Gasteiger partial charge in [0.25, 0.3) is 0 Å². The fraction of sp³-hybridized carbons (Fsp3) is 1.00. The average Bonchev–Trinajstić information content (AvgIpc) is 1.89. The Hall–Kier alpha value is -0.120. The lowest BCUT2D eigenvalue weighted by Gasteiger charge is -2.46. The van der Waals surface area contributed by atoms with Crippen molar-refractivity contribution in [2.24, 2.45) is 0 Å². The lowest BCUT2D eigenvalue weighted by Crippen LogP contribution is -2.69. The monoisotopic (exact) mass is 131 g/mol. The van der Waals surface area contributed by atoms with Gasteiger partial charge in [-0.05, 0) is 6.92 Å². The molecule has 0 bridgehead atoms. The predicted molar refractivity (Wildman–Crippen MR) is 34.3 cm³/mol. The van der Waals surface area contributed by atoms with Crippen LogP contribution < -0.4 is 5.32 Å². The van der Waals surface area contributed by atoms with Crippen LogP contribution in [-0.4, -0.2) is 37.0 Å². The smallest absolute Gasteiger partial charge is 0.118 e. The summed E-state index contributed by atoms with van der Waals surface area (Å²) in [4.78, 5) is 0. The molecule has 54 valence electrons. The van der Waals surface area contributed by atoms with Crippen molar-refractivity contribution >= 4 is 0 Å². The van der Waals surface area contributed by atoms with Crippen LogP contribution in [0.1, 0.15) is 6.92 Å². The average molecular weight is 131 g/mol. The first-order valence-corrected chi connectivity index (χ1v) is 3.14. The van der Waals surface area contributed by atoms with Crippen LogP contribution in [-0.2, 0) is 4.74 Å². The second kappa shape index (κ2) is 2.25. The molecule has 1 aliphatic rings. The fourth-order valence-corrected chi connectivity index (χ4v) is 1.04. The Morgan fingerprint density at radius 1 is 1.89 bits per heavy atom. The molecule has 0 aromatic rings. The SMILES string of the molecule is COC1(CO)CNC1C. The molecule has 9 heavy (non-hydrogen) atoms. The first-order chi connectivity index (χ1) is 4.25. The molecular formula is C6H13NO2. The van der Waals surface area contributed by atoms with E-state index in [0.29, 0.717) is 0 Å². The minimum Gasteiger partial charge on any atom is -0.393 e. The van der Waals surface area contributed by atoms with Gasteiger partial charge in [-0.15, -0.1) is 0 Å². The number of hydrogen-bond acceptors (Lipinski definition) is 3. The van der Waals surface area contributed by atoms with Crippen molar-refractivity contribution in [3.05, 3.63) is 0 Å². The second-order valence-electron chi connectivity index (χ2n) is 2.53. The molecule has 1 heterocycles. The topological polar surface area (TPSA) is 41.5 Å². The highest BCUT2D eigenvalue weighted by Crippen LogP contribution is 2.21. The lowest BCUT2D eigenvalue weighted by molar-refractivity contribution is -0.116. The molecule has 1 saturated heterocycles. The van der Waals surface area contributed by atoms with E-state index in [2.05, 4.69) is 5.32 Å². The summed E-state index contributed by atoms with van der Waals surface area (Å²) in [6.45, 7) is 2.88. The third-order valence-corrected chi connectivity index (χ3v) is 2.17. The Bertz CT molecular complexity index is 95.7. The van der Waals surface area contributed by atoms with E-state index in [1.165, 1.54) is 0 Å². The summed E-state index contributed by atoms with van der Waals surface area (Å²) >= 11 is 0. The molecule has 1 aliphatic heterocycles. The van der Waals surface area contributed by atoms with Gasteiger partial charge >= 0.3 is 0 Å². The van der Waals surface area contributed by atoms with Gasteiger partial charge in [0.1, 0.15) is 5.60 Å². The minimum absolute atomic E-state index is 0.109. The van der Waals surface area contributed by atoms with Gasteiger partial charge in [-0.25, -0.2) is 0 Å². The highest BCUT2D eigenvalue weighted by atomic mass is 16.5. The van der Waals surface area contributed by atoms with Crippen LogP contribution in [0.25, 0.3) is 0 Å². The summed E-state index contributed by atoms with van der Waals surface area (Å²) in [6.07, 6.45) is 0. The Morgan fingerprint density at radius 2 is 2.56 bits per heavy atom. The van der Waals surface area contributed by atoms with Gasteiger partial charge in [0.05, 0.1) is 6.61 Å². The predicted octanol–water partition coefficient (Wildman–Crippen LogP) is -0.644. The van der Waals surface area contributed by atoms with E-state index in [4.69, 9.17) is 9.84 Å². The van der Waals surface area contributed by atoms with E-state index in [0.717, 1.165) is 6.54 Å². The highest BCUT2D eigenvalue weighted by Gasteiger charge is 2.43. The molecular weight excluding hydrogens is 118 g/mol. The molecule has 0 aromatic carbocycles. The zero-order valence-corrected chi connectivity index (χ0v) is 5.85. The molecule has 3 nitrogen and oxygen atoms in total. The van der Waals surface area contributed by atoms with E-state index >= 15 is 0 Å². The number of aliphatic hydroxyl groups excluding tert-OH is 1. The normalized spacial score (nSPS) is 42.3. The largest absolute Gasteiger partial charge is 0.393 e. The molecule has 2 unspecified atom stereocenters. The molecule has 0 aliphatic carbocycles. The van der Waals surface area contributed by atoms with Gasteiger partial charge in [-0.2, -0.15) is 0 Å². The zero-order valence-electron chi connectivity index (χ0n) is 5.85. The van der Waals surface area contributed by atoms with E-state index < -0.39 is 0 Å². The van der Waals surface area contributed by atoms with Crippen LogP contribution in [0, 0.1) is 0 Å². The molecule has 0 spiro atoms. The fourth-order valence-electron chi connectivity index (χ4n) is 1.04. The number of aliphatic hydroxyl groups is 1. The number of hydrogen-bond donors (Lipinski definition) is 2. The van der Waals surface area contributed by atoms with Crippen molar-refractivity contribution in [1.82, 2.24) is 5.32 Å². The minimum atomic E-state index is -0.292. The van der Waals surface area contributed by atoms with E-state index in [9.17, 15) is 0 Å². The molecule has 0 radical (unpaired) electrons. The van der Waals surface area contributed by atoms with Crippen molar-refractivity contribution in [1.29, 1.82) is 0 Å². The standard InChI is InChI=1S/C6H13NO2/c1-5-6(4-8,9-2)3-7-5/h5,7-8H,3-4H2,1-2H3. The summed E-state index contributed by atoms with van der Waals surface area (Å²) < 4.78 is 5.12. The van der Waals surface area contributed by atoms with Gasteiger partial charge in [-0.3, -0.25) is 0 Å². The number of rotatable bonds is 2. The van der Waals surface area contributed by atoms with Crippen LogP contribution in [0.15, 0.2) is 0 Å². The van der Waals surface area contributed by atoms with Crippen LogP contribution in [0.2, 0.25) is 0 Å². The van der Waals surface area contributed by atoms with Gasteiger partial charge in [0.15, 0.2) is 0 Å². The highest BCUT2D eigenvalue weighted by molar-refractivity contribution is 5.01. The molecule has 0 aromatic heterocycles. The molecule has 2 atom stereocenters. The Morgan fingerprint density at radius 3 is 2.56 bits per heavy atom. The zero-order chi connectivity index (χ0) is 6.91. The molecule has 0 amide bonds. The van der Waals surface area contributed by atoms with Crippen LogP contribution in [0.4, 0.5) is 0 Å². The first kappa shape index (κ1) is 6.99. The van der Waals surface area contributed by atoms with Gasteiger partial charge in [0.2, 0.25) is 0 Å². The summed E-state index contributed by atoms with van der Waals surface area (Å²) in [6, 6.07) is 0.285. The number of methoxy groups -OCH3 is 1. The number of nitrogens with one attached hydrogen (secondary N) is 1. The van der Waals surface area contributed by atoms with Crippen molar-refractivity contribution in [2.45, 2.75) is 18.6 Å². The number of ether oxygens (including phenoxy) is 1. The maximum Gasteiger partial charge on any atom is 0.118 e. The molecule has 0 saturated carbocycles. The molecule has 3 heteroatoms. The summed E-state index contributed by atoms with van der Waals surface area (Å²) in [5, 5.41) is 12.0. The first-order valence-electron chi connectivity index (χ1n) is 3.14. The quantitative estimate of drug-likeness (QED) is 0.523. The summed E-state index contributed by atoms with van der Waals surface area (Å²) in [7, 11) is 1.63. The van der Waals surface area contributed by atoms with Crippen molar-refractivity contribution in [3.8, 4) is 0 Å². The van der Waals surface area contributed by atoms with E-state index in [-0.39, 0.29) is 18.2 Å². The van der Waals surface area contributed by atoms with Crippen LogP contribution >= 0.6 is 0 Å².